The van der Waals surface area contributed by atoms with Crippen LogP contribution in [-0.2, 0) is 9.59 Å². The van der Waals surface area contributed by atoms with Crippen LogP contribution < -0.4 is 0 Å². The summed E-state index contributed by atoms with van der Waals surface area (Å²) < 4.78 is 0. The molecule has 0 fully saturated rings. The third-order valence-electron chi connectivity index (χ3n) is 7.69. The van der Waals surface area contributed by atoms with E-state index in [9.17, 15) is 9.59 Å². The lowest BCUT2D eigenvalue weighted by atomic mass is 9.63. The van der Waals surface area contributed by atoms with Crippen LogP contribution in [0.25, 0.3) is 0 Å². The normalized spacial score (nSPS) is 22.7. The Morgan fingerprint density at radius 3 is 1.76 bits per heavy atom. The SMILES string of the molecule is CCN(CC)CCN1C2=C(C(=O)CC(C)(C)C2)C(c2ccccc2)C2=C1CC(C)(C)CC2=O. The third kappa shape index (κ3) is 4.59. The summed E-state index contributed by atoms with van der Waals surface area (Å²) in [7, 11) is 0. The molecule has 1 heterocycles. The molecule has 1 aromatic carbocycles. The summed E-state index contributed by atoms with van der Waals surface area (Å²) in [6.07, 6.45) is 2.84. The van der Waals surface area contributed by atoms with E-state index in [2.05, 4.69) is 63.5 Å². The maximum absolute atomic E-state index is 13.7. The maximum Gasteiger partial charge on any atom is 0.162 e. The van der Waals surface area contributed by atoms with Gasteiger partial charge in [-0.15, -0.1) is 0 Å². The van der Waals surface area contributed by atoms with Gasteiger partial charge in [0, 0.05) is 54.4 Å². The lowest BCUT2D eigenvalue weighted by molar-refractivity contribution is -0.119. The Bertz CT molecular complexity index is 942. The molecule has 4 nitrogen and oxygen atoms in total. The fourth-order valence-electron chi connectivity index (χ4n) is 6.08. The van der Waals surface area contributed by atoms with Gasteiger partial charge in [0.1, 0.15) is 0 Å². The standard InChI is InChI=1S/C29H40N2O2/c1-7-30(8-2)14-15-31-21-16-28(3,4)18-23(32)26(21)25(20-12-10-9-11-13-20)27-22(31)17-29(5,6)19-24(27)33/h9-13,25H,7-8,14-19H2,1-6H3. The van der Waals surface area contributed by atoms with Crippen LogP contribution in [0.4, 0.5) is 0 Å². The van der Waals surface area contributed by atoms with E-state index < -0.39 is 0 Å². The van der Waals surface area contributed by atoms with Gasteiger partial charge in [-0.3, -0.25) is 9.59 Å². The van der Waals surface area contributed by atoms with Crippen molar-refractivity contribution in [1.29, 1.82) is 0 Å². The van der Waals surface area contributed by atoms with Crippen molar-refractivity contribution >= 4 is 11.6 Å². The van der Waals surface area contributed by atoms with Crippen LogP contribution in [0.3, 0.4) is 0 Å². The van der Waals surface area contributed by atoms with Crippen LogP contribution in [0.2, 0.25) is 0 Å². The van der Waals surface area contributed by atoms with E-state index in [1.165, 1.54) is 11.4 Å². The zero-order chi connectivity index (χ0) is 24.0. The van der Waals surface area contributed by atoms with Gasteiger partial charge in [0.2, 0.25) is 0 Å². The van der Waals surface area contributed by atoms with E-state index in [1.807, 2.05) is 18.2 Å². The topological polar surface area (TPSA) is 40.6 Å². The highest BCUT2D eigenvalue weighted by molar-refractivity contribution is 6.06. The van der Waals surface area contributed by atoms with Gasteiger partial charge in [0.05, 0.1) is 0 Å². The van der Waals surface area contributed by atoms with Gasteiger partial charge in [0.25, 0.3) is 0 Å². The summed E-state index contributed by atoms with van der Waals surface area (Å²) in [4.78, 5) is 32.2. The van der Waals surface area contributed by atoms with Crippen LogP contribution in [0, 0.1) is 10.8 Å². The molecule has 2 aliphatic carbocycles. The maximum atomic E-state index is 13.7. The second-order valence-electron chi connectivity index (χ2n) is 11.6. The molecule has 4 heteroatoms. The van der Waals surface area contributed by atoms with Crippen molar-refractivity contribution in [3.05, 3.63) is 58.4 Å². The van der Waals surface area contributed by atoms with E-state index in [0.717, 1.165) is 55.7 Å². The smallest absolute Gasteiger partial charge is 0.162 e. The Morgan fingerprint density at radius 2 is 1.30 bits per heavy atom. The second-order valence-corrected chi connectivity index (χ2v) is 11.6. The van der Waals surface area contributed by atoms with Gasteiger partial charge in [-0.05, 0) is 42.3 Å². The third-order valence-corrected chi connectivity index (χ3v) is 7.69. The first-order valence-electron chi connectivity index (χ1n) is 12.6. The molecule has 0 saturated heterocycles. The highest BCUT2D eigenvalue weighted by atomic mass is 16.1. The fraction of sp³-hybridized carbons (Fsp3) is 0.586. The second kappa shape index (κ2) is 8.87. The van der Waals surface area contributed by atoms with Crippen molar-refractivity contribution in [2.24, 2.45) is 10.8 Å². The summed E-state index contributed by atoms with van der Waals surface area (Å²) in [6.45, 7) is 17.0. The highest BCUT2D eigenvalue weighted by Crippen LogP contribution is 2.54. The Kier molecular flexibility index (Phi) is 6.43. The molecular weight excluding hydrogens is 408 g/mol. The number of carbonyl (C=O) groups is 2. The van der Waals surface area contributed by atoms with Gasteiger partial charge in [-0.1, -0.05) is 71.9 Å². The molecule has 0 N–H and O–H groups in total. The van der Waals surface area contributed by atoms with E-state index in [0.29, 0.717) is 12.8 Å². The predicted molar refractivity (Wildman–Crippen MR) is 134 cm³/mol. The van der Waals surface area contributed by atoms with Gasteiger partial charge in [-0.2, -0.15) is 0 Å². The van der Waals surface area contributed by atoms with Crippen LogP contribution in [-0.4, -0.2) is 47.5 Å². The molecule has 3 aliphatic rings. The van der Waals surface area contributed by atoms with Crippen molar-refractivity contribution in [2.75, 3.05) is 26.2 Å². The first-order valence-corrected chi connectivity index (χ1v) is 12.6. The molecule has 1 aliphatic heterocycles. The van der Waals surface area contributed by atoms with Crippen molar-refractivity contribution in [3.8, 4) is 0 Å². The summed E-state index contributed by atoms with van der Waals surface area (Å²) >= 11 is 0. The molecule has 0 unspecified atom stereocenters. The monoisotopic (exact) mass is 448 g/mol. The molecule has 0 bridgehead atoms. The van der Waals surface area contributed by atoms with E-state index in [4.69, 9.17) is 0 Å². The van der Waals surface area contributed by atoms with Crippen LogP contribution in [0.15, 0.2) is 52.9 Å². The molecule has 0 aromatic heterocycles. The molecule has 0 spiro atoms. The van der Waals surface area contributed by atoms with Crippen LogP contribution in [0.5, 0.6) is 0 Å². The molecule has 0 atom stereocenters. The number of carbonyl (C=O) groups excluding carboxylic acids is 2. The van der Waals surface area contributed by atoms with Crippen molar-refractivity contribution < 1.29 is 9.59 Å². The minimum Gasteiger partial charge on any atom is -0.346 e. The number of rotatable bonds is 6. The average Bonchev–Trinajstić information content (AvgIpc) is 2.73. The average molecular weight is 449 g/mol. The summed E-state index contributed by atoms with van der Waals surface area (Å²) in [5, 5.41) is 0. The molecule has 178 valence electrons. The Labute approximate surface area is 199 Å². The number of allylic oxidation sites excluding steroid dienone is 4. The molecular formula is C29H40N2O2. The number of nitrogens with zero attached hydrogens (tertiary/aromatic N) is 2. The zero-order valence-corrected chi connectivity index (χ0v) is 21.3. The van der Waals surface area contributed by atoms with Gasteiger partial charge >= 0.3 is 0 Å². The van der Waals surface area contributed by atoms with Crippen molar-refractivity contribution in [2.45, 2.75) is 73.1 Å². The number of ketones is 2. The lowest BCUT2D eigenvalue weighted by Crippen LogP contribution is -2.46. The first-order chi connectivity index (χ1) is 15.6. The van der Waals surface area contributed by atoms with Gasteiger partial charge < -0.3 is 9.80 Å². The number of hydrogen-bond donors (Lipinski definition) is 0. The Hall–Kier alpha value is -2.20. The lowest BCUT2D eigenvalue weighted by Gasteiger charge is -2.49. The van der Waals surface area contributed by atoms with E-state index >= 15 is 0 Å². The molecule has 1 aromatic rings. The molecule has 0 saturated carbocycles. The van der Waals surface area contributed by atoms with Crippen LogP contribution in [0.1, 0.15) is 78.7 Å². The zero-order valence-electron chi connectivity index (χ0n) is 21.3. The Morgan fingerprint density at radius 1 is 0.818 bits per heavy atom. The van der Waals surface area contributed by atoms with E-state index in [-0.39, 0.29) is 28.3 Å². The van der Waals surface area contributed by atoms with Gasteiger partial charge in [0.15, 0.2) is 11.6 Å². The summed E-state index contributed by atoms with van der Waals surface area (Å²) in [5.41, 5.74) is 5.03. The molecule has 33 heavy (non-hydrogen) atoms. The minimum absolute atomic E-state index is 0.0726. The number of hydrogen-bond acceptors (Lipinski definition) is 4. The number of likely N-dealkylation sites (N-methyl/N-ethyl adjacent to an activating group) is 1. The number of Topliss-reactive ketones (excluding diaryl/α,β-unsaturated/α-hetero) is 2. The molecule has 0 amide bonds. The highest BCUT2D eigenvalue weighted by Gasteiger charge is 2.48. The number of benzene rings is 1. The van der Waals surface area contributed by atoms with Crippen LogP contribution >= 0.6 is 0 Å². The molecule has 0 radical (unpaired) electrons. The Balaban J connectivity index is 1.91. The predicted octanol–water partition coefficient (Wildman–Crippen LogP) is 5.71. The molecule has 4 rings (SSSR count). The van der Waals surface area contributed by atoms with Gasteiger partial charge in [-0.25, -0.2) is 0 Å². The van der Waals surface area contributed by atoms with Crippen molar-refractivity contribution in [1.82, 2.24) is 9.80 Å². The fourth-order valence-corrected chi connectivity index (χ4v) is 6.08. The van der Waals surface area contributed by atoms with E-state index in [1.54, 1.807) is 0 Å². The minimum atomic E-state index is -0.229. The summed E-state index contributed by atoms with van der Waals surface area (Å²) in [6, 6.07) is 10.2. The first kappa shape index (κ1) is 23.9. The summed E-state index contributed by atoms with van der Waals surface area (Å²) in [5.74, 6) is 0.201. The van der Waals surface area contributed by atoms with Crippen molar-refractivity contribution in [3.63, 3.8) is 0 Å². The largest absolute Gasteiger partial charge is 0.346 e. The quantitative estimate of drug-likeness (QED) is 0.559.